The van der Waals surface area contributed by atoms with E-state index in [1.54, 1.807) is 25.1 Å². The first-order valence-electron chi connectivity index (χ1n) is 8.21. The zero-order valence-corrected chi connectivity index (χ0v) is 15.3. The number of carbonyl (C=O) groups excluding carboxylic acids is 3. The van der Waals surface area contributed by atoms with Crippen LogP contribution in [0, 0.1) is 17.2 Å². The molecule has 138 valence electrons. The van der Waals surface area contributed by atoms with Crippen LogP contribution in [0.2, 0.25) is 5.02 Å². The van der Waals surface area contributed by atoms with Crippen LogP contribution in [0.15, 0.2) is 24.3 Å². The molecule has 0 saturated heterocycles. The molecule has 0 bridgehead atoms. The lowest BCUT2D eigenvalue weighted by Crippen LogP contribution is -2.49. The molecule has 26 heavy (non-hydrogen) atoms. The van der Waals surface area contributed by atoms with Gasteiger partial charge in [-0.15, -0.1) is 0 Å². The minimum Gasteiger partial charge on any atom is -0.454 e. The molecule has 1 aromatic rings. The van der Waals surface area contributed by atoms with Gasteiger partial charge in [-0.25, -0.2) is 4.79 Å². The molecule has 2 N–H and O–H groups in total. The normalized spacial score (nSPS) is 16.5. The number of halogens is 1. The van der Waals surface area contributed by atoms with Gasteiger partial charge < -0.3 is 15.4 Å². The quantitative estimate of drug-likeness (QED) is 0.704. The molecular weight excluding hydrogens is 358 g/mol. The number of hydrogen-bond acceptors (Lipinski definition) is 5. The maximum atomic E-state index is 12.1. The molecule has 2 atom stereocenters. The monoisotopic (exact) mass is 377 g/mol. The molecule has 0 aromatic heterocycles. The van der Waals surface area contributed by atoms with E-state index in [2.05, 4.69) is 16.7 Å². The summed E-state index contributed by atoms with van der Waals surface area (Å²) in [6.45, 7) is 2.57. The highest BCUT2D eigenvalue weighted by atomic mass is 35.5. The molecule has 1 fully saturated rings. The van der Waals surface area contributed by atoms with Gasteiger partial charge in [0.25, 0.3) is 11.8 Å². The Balaban J connectivity index is 1.82. The first-order valence-corrected chi connectivity index (χ1v) is 8.59. The summed E-state index contributed by atoms with van der Waals surface area (Å²) >= 11 is 5.93. The molecule has 1 aliphatic carbocycles. The number of nitriles is 1. The third kappa shape index (κ3) is 4.96. The van der Waals surface area contributed by atoms with Crippen LogP contribution in [0.1, 0.15) is 37.0 Å². The minimum atomic E-state index is -0.961. The number of nitrogens with one attached hydrogen (secondary N) is 2. The highest BCUT2D eigenvalue weighted by molar-refractivity contribution is 6.33. The van der Waals surface area contributed by atoms with Gasteiger partial charge in [-0.1, -0.05) is 23.7 Å². The van der Waals surface area contributed by atoms with Crippen molar-refractivity contribution in [1.82, 2.24) is 10.6 Å². The van der Waals surface area contributed by atoms with E-state index >= 15 is 0 Å². The Hall–Kier alpha value is -2.59. The molecule has 7 nitrogen and oxygen atoms in total. The number of rotatable bonds is 7. The van der Waals surface area contributed by atoms with Gasteiger partial charge in [-0.05, 0) is 44.7 Å². The fraction of sp³-hybridized carbons (Fsp3) is 0.444. The van der Waals surface area contributed by atoms with Gasteiger partial charge >= 0.3 is 5.97 Å². The predicted molar refractivity (Wildman–Crippen MR) is 94.2 cm³/mol. The molecule has 8 heteroatoms. The van der Waals surface area contributed by atoms with E-state index < -0.39 is 36.0 Å². The second kappa shape index (κ2) is 8.19. The zero-order valence-electron chi connectivity index (χ0n) is 14.5. The third-order valence-electron chi connectivity index (χ3n) is 4.19. The number of esters is 1. The van der Waals surface area contributed by atoms with Crippen molar-refractivity contribution in [3.05, 3.63) is 34.9 Å². The van der Waals surface area contributed by atoms with Crippen molar-refractivity contribution in [3.63, 3.8) is 0 Å². The van der Waals surface area contributed by atoms with Crippen molar-refractivity contribution in [2.45, 2.75) is 38.3 Å². The third-order valence-corrected chi connectivity index (χ3v) is 4.52. The maximum absolute atomic E-state index is 12.1. The molecule has 0 radical (unpaired) electrons. The minimum absolute atomic E-state index is 0.126. The van der Waals surface area contributed by atoms with Crippen LogP contribution in [-0.4, -0.2) is 36.0 Å². The summed E-state index contributed by atoms with van der Waals surface area (Å²) in [4.78, 5) is 36.0. The first kappa shape index (κ1) is 19.7. The van der Waals surface area contributed by atoms with Crippen LogP contribution >= 0.6 is 11.6 Å². The number of hydrogen-bond donors (Lipinski definition) is 2. The summed E-state index contributed by atoms with van der Waals surface area (Å²) in [5, 5.41) is 14.5. The zero-order chi connectivity index (χ0) is 19.3. The van der Waals surface area contributed by atoms with Crippen LogP contribution in [-0.2, 0) is 14.3 Å². The van der Waals surface area contributed by atoms with E-state index in [1.807, 2.05) is 0 Å². The van der Waals surface area contributed by atoms with Crippen LogP contribution in [0.4, 0.5) is 0 Å². The molecule has 1 aliphatic rings. The molecule has 1 saturated carbocycles. The molecule has 0 aliphatic heterocycles. The summed E-state index contributed by atoms with van der Waals surface area (Å²) in [6, 6.07) is 7.56. The molecule has 2 amide bonds. The average molecular weight is 378 g/mol. The van der Waals surface area contributed by atoms with Crippen molar-refractivity contribution in [2.75, 3.05) is 6.61 Å². The summed E-state index contributed by atoms with van der Waals surface area (Å²) in [5.41, 5.74) is -0.714. The Labute approximate surface area is 156 Å². The lowest BCUT2D eigenvalue weighted by atomic mass is 9.98. The average Bonchev–Trinajstić information content (AvgIpc) is 3.45. The number of nitrogens with zero attached hydrogens (tertiary/aromatic N) is 1. The van der Waals surface area contributed by atoms with Crippen LogP contribution in [0.5, 0.6) is 0 Å². The van der Waals surface area contributed by atoms with E-state index in [-0.39, 0.29) is 16.5 Å². The summed E-state index contributed by atoms with van der Waals surface area (Å²) in [6.07, 6.45) is 1.77. The van der Waals surface area contributed by atoms with Gasteiger partial charge in [-0.3, -0.25) is 9.59 Å². The molecule has 0 spiro atoms. The highest BCUT2D eigenvalue weighted by Crippen LogP contribution is 2.39. The Morgan fingerprint density at radius 2 is 2.04 bits per heavy atom. The Kier molecular flexibility index (Phi) is 6.22. The van der Waals surface area contributed by atoms with Crippen LogP contribution in [0.25, 0.3) is 0 Å². The van der Waals surface area contributed by atoms with E-state index in [0.29, 0.717) is 0 Å². The first-order chi connectivity index (χ1) is 12.3. The summed E-state index contributed by atoms with van der Waals surface area (Å²) in [5.74, 6) is -1.71. The Morgan fingerprint density at radius 1 is 1.38 bits per heavy atom. The molecule has 0 heterocycles. The lowest BCUT2D eigenvalue weighted by molar-refractivity contribution is -0.150. The van der Waals surface area contributed by atoms with Crippen molar-refractivity contribution in [3.8, 4) is 6.07 Å². The summed E-state index contributed by atoms with van der Waals surface area (Å²) < 4.78 is 4.92. The Morgan fingerprint density at radius 3 is 2.62 bits per heavy atom. The van der Waals surface area contributed by atoms with Crippen molar-refractivity contribution in [2.24, 2.45) is 5.92 Å². The number of carbonyl (C=O) groups is 3. The largest absolute Gasteiger partial charge is 0.454 e. The fourth-order valence-electron chi connectivity index (χ4n) is 2.45. The topological polar surface area (TPSA) is 108 Å². The van der Waals surface area contributed by atoms with Gasteiger partial charge in [-0.2, -0.15) is 5.26 Å². The standard InChI is InChI=1S/C18H20ClN3O4/c1-11(21-16(24)13-5-3-4-6-14(13)19)17(25)26-9-15(23)22-18(2,10-20)12-7-8-12/h3-6,11-12H,7-9H2,1-2H3,(H,21,24)(H,22,23)/t11-,18-/m1/s1. The second-order valence-electron chi connectivity index (χ2n) is 6.42. The van der Waals surface area contributed by atoms with E-state index in [1.165, 1.54) is 13.0 Å². The number of amides is 2. The SMILES string of the molecule is C[C@@H](NC(=O)c1ccccc1Cl)C(=O)OCC(=O)N[C@](C)(C#N)C1CC1. The van der Waals surface area contributed by atoms with E-state index in [4.69, 9.17) is 16.3 Å². The van der Waals surface area contributed by atoms with Crippen molar-refractivity contribution in [1.29, 1.82) is 5.26 Å². The van der Waals surface area contributed by atoms with Crippen molar-refractivity contribution < 1.29 is 19.1 Å². The van der Waals surface area contributed by atoms with Crippen molar-refractivity contribution >= 4 is 29.4 Å². The predicted octanol–water partition coefficient (Wildman–Crippen LogP) is 1.81. The molecular formula is C18H20ClN3O4. The Bertz CT molecular complexity index is 757. The van der Waals surface area contributed by atoms with Gasteiger partial charge in [0.1, 0.15) is 11.6 Å². The second-order valence-corrected chi connectivity index (χ2v) is 6.83. The number of ether oxygens (including phenoxy) is 1. The van der Waals surface area contributed by atoms with Gasteiger partial charge in [0.15, 0.2) is 6.61 Å². The highest BCUT2D eigenvalue weighted by Gasteiger charge is 2.43. The maximum Gasteiger partial charge on any atom is 0.328 e. The van der Waals surface area contributed by atoms with Crippen LogP contribution in [0.3, 0.4) is 0 Å². The lowest BCUT2D eigenvalue weighted by Gasteiger charge is -2.23. The fourth-order valence-corrected chi connectivity index (χ4v) is 2.67. The smallest absolute Gasteiger partial charge is 0.328 e. The van der Waals surface area contributed by atoms with E-state index in [9.17, 15) is 19.6 Å². The van der Waals surface area contributed by atoms with Gasteiger partial charge in [0.2, 0.25) is 0 Å². The van der Waals surface area contributed by atoms with Gasteiger partial charge in [0, 0.05) is 0 Å². The van der Waals surface area contributed by atoms with E-state index in [0.717, 1.165) is 12.8 Å². The molecule has 1 aromatic carbocycles. The number of benzene rings is 1. The van der Waals surface area contributed by atoms with Gasteiger partial charge in [0.05, 0.1) is 16.7 Å². The summed E-state index contributed by atoms with van der Waals surface area (Å²) in [7, 11) is 0. The van der Waals surface area contributed by atoms with Crippen LogP contribution < -0.4 is 10.6 Å². The molecule has 0 unspecified atom stereocenters. The molecule has 2 rings (SSSR count).